The first-order chi connectivity index (χ1) is 14.1. The molecule has 6 nitrogen and oxygen atoms in total. The highest BCUT2D eigenvalue weighted by molar-refractivity contribution is 8.00. The molecule has 1 aromatic heterocycles. The normalized spacial score (nSPS) is 11.7. The molecule has 0 saturated heterocycles. The van der Waals surface area contributed by atoms with E-state index in [1.165, 1.54) is 6.07 Å². The van der Waals surface area contributed by atoms with Gasteiger partial charge in [0.25, 0.3) is 0 Å². The van der Waals surface area contributed by atoms with Crippen molar-refractivity contribution < 1.29 is 4.79 Å². The van der Waals surface area contributed by atoms with Crippen molar-refractivity contribution in [3.05, 3.63) is 65.7 Å². The van der Waals surface area contributed by atoms with Crippen LogP contribution in [0.5, 0.6) is 0 Å². The molecule has 3 aromatic rings. The summed E-state index contributed by atoms with van der Waals surface area (Å²) in [5.41, 5.74) is 7.81. The van der Waals surface area contributed by atoms with Crippen LogP contribution in [-0.4, -0.2) is 16.6 Å². The van der Waals surface area contributed by atoms with Gasteiger partial charge in [-0.1, -0.05) is 47.8 Å². The summed E-state index contributed by atoms with van der Waals surface area (Å²) < 4.78 is 0. The summed E-state index contributed by atoms with van der Waals surface area (Å²) in [7, 11) is 0. The number of rotatable bonds is 3. The van der Waals surface area contributed by atoms with E-state index in [9.17, 15) is 10.1 Å². The third-order valence-electron chi connectivity index (χ3n) is 4.27. The lowest BCUT2D eigenvalue weighted by molar-refractivity contribution is -0.115. The number of carbonyl (C=O) groups excluding carboxylic acids is 1. The van der Waals surface area contributed by atoms with Crippen LogP contribution < -0.4 is 10.6 Å². The largest absolute Gasteiger partial charge is 0.383 e. The number of nitrogen functional groups attached to an aromatic ring is 1. The first-order valence-electron chi connectivity index (χ1n) is 8.54. The Labute approximate surface area is 176 Å². The van der Waals surface area contributed by atoms with Crippen LogP contribution in [0.4, 0.5) is 17.2 Å². The zero-order valence-electron chi connectivity index (χ0n) is 15.0. The van der Waals surface area contributed by atoms with Gasteiger partial charge in [0.2, 0.25) is 5.91 Å². The van der Waals surface area contributed by atoms with Gasteiger partial charge in [-0.3, -0.25) is 9.69 Å². The molecule has 0 unspecified atom stereocenters. The SMILES string of the molecule is N#Cc1cc(C#N)c(SCC(=O)N2c3ccccc3Sc3ccccc32)nc1N. The van der Waals surface area contributed by atoms with Crippen molar-refractivity contribution in [2.24, 2.45) is 0 Å². The molecular formula is C21H13N5OS2. The van der Waals surface area contributed by atoms with Crippen molar-refractivity contribution >= 4 is 46.6 Å². The number of thioether (sulfide) groups is 1. The molecule has 0 spiro atoms. The summed E-state index contributed by atoms with van der Waals surface area (Å²) in [6.45, 7) is 0. The Morgan fingerprint density at radius 3 is 2.21 bits per heavy atom. The molecule has 4 rings (SSSR count). The van der Waals surface area contributed by atoms with Gasteiger partial charge in [0.1, 0.15) is 23.0 Å². The fourth-order valence-corrected chi connectivity index (χ4v) is 4.83. The molecule has 2 aromatic carbocycles. The summed E-state index contributed by atoms with van der Waals surface area (Å²) in [5.74, 6) is -0.0179. The summed E-state index contributed by atoms with van der Waals surface area (Å²) >= 11 is 2.76. The van der Waals surface area contributed by atoms with Gasteiger partial charge in [-0.2, -0.15) is 10.5 Å². The number of carbonyl (C=O) groups is 1. The van der Waals surface area contributed by atoms with E-state index in [1.54, 1.807) is 16.7 Å². The Morgan fingerprint density at radius 1 is 1.03 bits per heavy atom. The van der Waals surface area contributed by atoms with Crippen LogP contribution in [0.2, 0.25) is 0 Å². The molecule has 29 heavy (non-hydrogen) atoms. The minimum atomic E-state index is -0.135. The predicted molar refractivity (Wildman–Crippen MR) is 113 cm³/mol. The number of nitriles is 2. The lowest BCUT2D eigenvalue weighted by Gasteiger charge is -2.31. The standard InChI is InChI=1S/C21H13N5OS2/c22-10-13-9-14(11-23)21(25-20(13)24)28-12-19(27)26-15-5-1-3-7-17(15)29-18-8-4-2-6-16(18)26/h1-9H,12H2,(H2,24,25). The monoisotopic (exact) mass is 415 g/mol. The maximum Gasteiger partial charge on any atom is 0.242 e. The van der Waals surface area contributed by atoms with Gasteiger partial charge in [-0.15, -0.1) is 0 Å². The fourth-order valence-electron chi connectivity index (χ4n) is 2.96. The van der Waals surface area contributed by atoms with E-state index < -0.39 is 0 Å². The van der Waals surface area contributed by atoms with Gasteiger partial charge in [0.05, 0.1) is 28.3 Å². The first-order valence-corrected chi connectivity index (χ1v) is 10.3. The minimum absolute atomic E-state index is 0.0477. The Morgan fingerprint density at radius 2 is 1.62 bits per heavy atom. The molecule has 8 heteroatoms. The topological polar surface area (TPSA) is 107 Å². The van der Waals surface area contributed by atoms with Gasteiger partial charge >= 0.3 is 0 Å². The van der Waals surface area contributed by atoms with Crippen molar-refractivity contribution in [2.75, 3.05) is 16.4 Å². The molecule has 1 amide bonds. The van der Waals surface area contributed by atoms with Crippen molar-refractivity contribution in [3.63, 3.8) is 0 Å². The number of hydrogen-bond donors (Lipinski definition) is 1. The minimum Gasteiger partial charge on any atom is -0.383 e. The lowest BCUT2D eigenvalue weighted by atomic mass is 10.2. The zero-order chi connectivity index (χ0) is 20.4. The van der Waals surface area contributed by atoms with Gasteiger partial charge in [-0.05, 0) is 30.3 Å². The fraction of sp³-hybridized carbons (Fsp3) is 0.0476. The number of fused-ring (bicyclic) bond motifs is 2. The second-order valence-electron chi connectivity index (χ2n) is 6.05. The second-order valence-corrected chi connectivity index (χ2v) is 8.10. The zero-order valence-corrected chi connectivity index (χ0v) is 16.6. The smallest absolute Gasteiger partial charge is 0.242 e. The molecule has 2 N–H and O–H groups in total. The summed E-state index contributed by atoms with van der Waals surface area (Å²) in [5, 5.41) is 18.7. The van der Waals surface area contributed by atoms with Crippen LogP contribution in [0.25, 0.3) is 0 Å². The Balaban J connectivity index is 1.65. The van der Waals surface area contributed by atoms with Crippen molar-refractivity contribution in [1.29, 1.82) is 10.5 Å². The Bertz CT molecular complexity index is 1170. The quantitative estimate of drug-likeness (QED) is 0.635. The predicted octanol–water partition coefficient (Wildman–Crippen LogP) is 4.33. The van der Waals surface area contributed by atoms with E-state index in [0.717, 1.165) is 32.9 Å². The molecule has 0 aliphatic carbocycles. The van der Waals surface area contributed by atoms with Crippen molar-refractivity contribution in [2.45, 2.75) is 14.8 Å². The molecular weight excluding hydrogens is 402 g/mol. The van der Waals surface area contributed by atoms with Crippen LogP contribution in [0, 0.1) is 22.7 Å². The van der Waals surface area contributed by atoms with Gasteiger partial charge in [0, 0.05) is 9.79 Å². The molecule has 0 atom stereocenters. The van der Waals surface area contributed by atoms with Gasteiger partial charge in [0.15, 0.2) is 0 Å². The van der Waals surface area contributed by atoms with E-state index in [1.807, 2.05) is 60.7 Å². The van der Waals surface area contributed by atoms with Crippen molar-refractivity contribution in [1.82, 2.24) is 4.98 Å². The lowest BCUT2D eigenvalue weighted by Crippen LogP contribution is -2.30. The number of para-hydroxylation sites is 2. The van der Waals surface area contributed by atoms with Crippen molar-refractivity contribution in [3.8, 4) is 12.1 Å². The molecule has 0 radical (unpaired) electrons. The number of hydrogen-bond acceptors (Lipinski definition) is 7. The number of nitrogens with two attached hydrogens (primary N) is 1. The van der Waals surface area contributed by atoms with Crippen LogP contribution in [0.15, 0.2) is 69.4 Å². The number of nitrogens with zero attached hydrogens (tertiary/aromatic N) is 4. The van der Waals surface area contributed by atoms with E-state index in [2.05, 4.69) is 4.98 Å². The van der Waals surface area contributed by atoms with Crippen LogP contribution in [0.3, 0.4) is 0 Å². The summed E-state index contributed by atoms with van der Waals surface area (Å²) in [6, 6.07) is 20.8. The maximum atomic E-state index is 13.2. The van der Waals surface area contributed by atoms with Crippen LogP contribution >= 0.6 is 23.5 Å². The third kappa shape index (κ3) is 3.52. The van der Waals surface area contributed by atoms with Gasteiger partial charge in [-0.25, -0.2) is 4.98 Å². The summed E-state index contributed by atoms with van der Waals surface area (Å²) in [4.78, 5) is 21.1. The first kappa shape index (κ1) is 18.9. The number of anilines is 3. The van der Waals surface area contributed by atoms with E-state index >= 15 is 0 Å². The molecule has 0 saturated carbocycles. The highest BCUT2D eigenvalue weighted by Crippen LogP contribution is 2.48. The molecule has 1 aliphatic heterocycles. The summed E-state index contributed by atoms with van der Waals surface area (Å²) in [6.07, 6.45) is 0. The maximum absolute atomic E-state index is 13.2. The molecule has 1 aliphatic rings. The Hall–Kier alpha value is -3.46. The Kier molecular flexibility index (Phi) is 5.13. The molecule has 140 valence electrons. The van der Waals surface area contributed by atoms with Gasteiger partial charge < -0.3 is 5.73 Å². The van der Waals surface area contributed by atoms with E-state index in [4.69, 9.17) is 11.0 Å². The number of amides is 1. The number of benzene rings is 2. The highest BCUT2D eigenvalue weighted by atomic mass is 32.2. The number of aromatic nitrogens is 1. The van der Waals surface area contributed by atoms with Crippen LogP contribution in [0.1, 0.15) is 11.1 Å². The highest BCUT2D eigenvalue weighted by Gasteiger charge is 2.28. The average molecular weight is 416 g/mol. The van der Waals surface area contributed by atoms with Crippen LogP contribution in [-0.2, 0) is 4.79 Å². The molecule has 2 heterocycles. The van der Waals surface area contributed by atoms with E-state index in [-0.39, 0.29) is 28.6 Å². The third-order valence-corrected chi connectivity index (χ3v) is 6.38. The second kappa shape index (κ2) is 7.88. The molecule has 0 fully saturated rings. The average Bonchev–Trinajstić information content (AvgIpc) is 2.75. The molecule has 0 bridgehead atoms. The number of pyridine rings is 1. The van der Waals surface area contributed by atoms with E-state index in [0.29, 0.717) is 5.03 Å².